The summed E-state index contributed by atoms with van der Waals surface area (Å²) >= 11 is 4.21. The van der Waals surface area contributed by atoms with Gasteiger partial charge in [0.1, 0.15) is 17.7 Å². The number of esters is 1. The summed E-state index contributed by atoms with van der Waals surface area (Å²) in [6.07, 6.45) is -0.840. The van der Waals surface area contributed by atoms with E-state index in [1.54, 1.807) is 33.8 Å². The van der Waals surface area contributed by atoms with Gasteiger partial charge >= 0.3 is 12.1 Å². The minimum Gasteiger partial charge on any atom is -0.466 e. The molecular weight excluding hydrogens is 486 g/mol. The van der Waals surface area contributed by atoms with Crippen molar-refractivity contribution in [3.63, 3.8) is 0 Å². The van der Waals surface area contributed by atoms with Crippen LogP contribution in [-0.4, -0.2) is 77.6 Å². The number of carbonyl (C=O) groups excluding carboxylic acids is 4. The summed E-state index contributed by atoms with van der Waals surface area (Å²) in [5.41, 5.74) is 1.40. The van der Waals surface area contributed by atoms with Crippen molar-refractivity contribution in [3.05, 3.63) is 34.9 Å². The molecule has 1 aromatic carbocycles. The third-order valence-corrected chi connectivity index (χ3v) is 5.38. The van der Waals surface area contributed by atoms with E-state index in [1.165, 1.54) is 4.90 Å². The van der Waals surface area contributed by atoms with Crippen LogP contribution in [0.4, 0.5) is 4.79 Å². The number of aliphatic hydroxyl groups excluding tert-OH is 1. The molecule has 0 saturated carbocycles. The van der Waals surface area contributed by atoms with Crippen LogP contribution in [0.15, 0.2) is 18.2 Å². The van der Waals surface area contributed by atoms with E-state index in [0.717, 1.165) is 11.1 Å². The lowest BCUT2D eigenvalue weighted by Gasteiger charge is -2.34. The standard InChI is InChI=1S/C25H39N3O7S/c1-7-34-20(30)10-11-26-22(31)21(18-14-16(2)8-9-17(18)3)28(12-13-29)23(32)19(15-36)27-24(33)35-25(4,5)6/h8-9,14,19,21,29,36H,7,10-13,15H2,1-6H3,(H,26,31)(H,27,33). The molecule has 0 bridgehead atoms. The summed E-state index contributed by atoms with van der Waals surface area (Å²) in [7, 11) is 0. The fraction of sp³-hybridized carbons (Fsp3) is 0.600. The number of rotatable bonds is 12. The van der Waals surface area contributed by atoms with E-state index < -0.39 is 48.2 Å². The lowest BCUT2D eigenvalue weighted by Crippen LogP contribution is -2.54. The second kappa shape index (κ2) is 14.7. The first kappa shape index (κ1) is 31.2. The normalized spacial score (nSPS) is 12.8. The van der Waals surface area contributed by atoms with Crippen molar-refractivity contribution in [3.8, 4) is 0 Å². The third-order valence-electron chi connectivity index (χ3n) is 5.02. The average Bonchev–Trinajstić information content (AvgIpc) is 2.78. The maximum absolute atomic E-state index is 13.6. The van der Waals surface area contributed by atoms with E-state index in [9.17, 15) is 24.3 Å². The molecule has 0 radical (unpaired) electrons. The molecule has 0 aliphatic heterocycles. The van der Waals surface area contributed by atoms with Crippen molar-refractivity contribution < 1.29 is 33.8 Å². The van der Waals surface area contributed by atoms with Gasteiger partial charge in [-0.15, -0.1) is 0 Å². The van der Waals surface area contributed by atoms with Gasteiger partial charge in [0.2, 0.25) is 11.8 Å². The molecule has 0 aromatic heterocycles. The SMILES string of the molecule is CCOC(=O)CCNC(=O)C(c1cc(C)ccc1C)N(CCO)C(=O)C(CS)NC(=O)OC(C)(C)C. The Labute approximate surface area is 218 Å². The monoisotopic (exact) mass is 525 g/mol. The zero-order valence-corrected chi connectivity index (χ0v) is 22.8. The molecule has 0 saturated heterocycles. The van der Waals surface area contributed by atoms with Gasteiger partial charge in [-0.3, -0.25) is 14.4 Å². The first-order valence-corrected chi connectivity index (χ1v) is 12.5. The predicted molar refractivity (Wildman–Crippen MR) is 139 cm³/mol. The number of nitrogens with one attached hydrogen (secondary N) is 2. The highest BCUT2D eigenvalue weighted by Gasteiger charge is 2.36. The average molecular weight is 526 g/mol. The van der Waals surface area contributed by atoms with Crippen LogP contribution in [0.5, 0.6) is 0 Å². The molecule has 10 nitrogen and oxygen atoms in total. The van der Waals surface area contributed by atoms with Gasteiger partial charge in [-0.05, 0) is 52.7 Å². The zero-order chi connectivity index (χ0) is 27.5. The summed E-state index contributed by atoms with van der Waals surface area (Å²) in [6, 6.07) is 3.26. The Bertz CT molecular complexity index is 917. The number of hydrogen-bond acceptors (Lipinski definition) is 8. The molecule has 0 aliphatic carbocycles. The Morgan fingerprint density at radius 3 is 2.39 bits per heavy atom. The van der Waals surface area contributed by atoms with Gasteiger partial charge in [0.25, 0.3) is 0 Å². The number of thiol groups is 1. The molecule has 11 heteroatoms. The summed E-state index contributed by atoms with van der Waals surface area (Å²) < 4.78 is 10.2. The first-order chi connectivity index (χ1) is 16.8. The van der Waals surface area contributed by atoms with E-state index in [1.807, 2.05) is 26.0 Å². The fourth-order valence-electron chi connectivity index (χ4n) is 3.43. The zero-order valence-electron chi connectivity index (χ0n) is 21.9. The van der Waals surface area contributed by atoms with Crippen LogP contribution in [0, 0.1) is 13.8 Å². The molecule has 0 spiro atoms. The van der Waals surface area contributed by atoms with Crippen molar-refractivity contribution in [1.29, 1.82) is 0 Å². The topological polar surface area (TPSA) is 134 Å². The van der Waals surface area contributed by atoms with Gasteiger partial charge in [0.15, 0.2) is 0 Å². The highest BCUT2D eigenvalue weighted by atomic mass is 32.1. The summed E-state index contributed by atoms with van der Waals surface area (Å²) in [6.45, 7) is 10.1. The van der Waals surface area contributed by atoms with Crippen LogP contribution in [0.3, 0.4) is 0 Å². The smallest absolute Gasteiger partial charge is 0.408 e. The van der Waals surface area contributed by atoms with Crippen molar-refractivity contribution in [2.24, 2.45) is 0 Å². The van der Waals surface area contributed by atoms with Crippen molar-refractivity contribution in [1.82, 2.24) is 15.5 Å². The summed E-state index contributed by atoms with van der Waals surface area (Å²) in [5.74, 6) is -1.67. The molecule has 2 atom stereocenters. The van der Waals surface area contributed by atoms with Crippen LogP contribution in [0.2, 0.25) is 0 Å². The number of amides is 3. The lowest BCUT2D eigenvalue weighted by atomic mass is 9.96. The Kier molecular flexibility index (Phi) is 12.8. The van der Waals surface area contributed by atoms with Gasteiger partial charge in [-0.25, -0.2) is 4.79 Å². The number of nitrogens with zero attached hydrogens (tertiary/aromatic N) is 1. The van der Waals surface area contributed by atoms with E-state index in [2.05, 4.69) is 23.3 Å². The summed E-state index contributed by atoms with van der Waals surface area (Å²) in [5, 5.41) is 15.0. The largest absolute Gasteiger partial charge is 0.466 e. The second-order valence-corrected chi connectivity index (χ2v) is 9.61. The van der Waals surface area contributed by atoms with Crippen molar-refractivity contribution in [2.45, 2.75) is 65.6 Å². The van der Waals surface area contributed by atoms with E-state index in [0.29, 0.717) is 5.56 Å². The number of aliphatic hydroxyl groups is 1. The number of hydrogen-bond donors (Lipinski definition) is 4. The molecular formula is C25H39N3O7S. The maximum Gasteiger partial charge on any atom is 0.408 e. The highest BCUT2D eigenvalue weighted by Crippen LogP contribution is 2.26. The Morgan fingerprint density at radius 1 is 1.17 bits per heavy atom. The van der Waals surface area contributed by atoms with Crippen molar-refractivity contribution >= 4 is 36.5 Å². The Hall–Kier alpha value is -2.79. The van der Waals surface area contributed by atoms with Gasteiger partial charge < -0.3 is 30.1 Å². The number of alkyl carbamates (subject to hydrolysis) is 1. The maximum atomic E-state index is 13.6. The molecule has 0 aliphatic rings. The van der Waals surface area contributed by atoms with E-state index in [4.69, 9.17) is 9.47 Å². The highest BCUT2D eigenvalue weighted by molar-refractivity contribution is 7.80. The molecule has 1 aromatic rings. The van der Waals surface area contributed by atoms with Gasteiger partial charge in [-0.1, -0.05) is 23.8 Å². The quantitative estimate of drug-likeness (QED) is 0.242. The van der Waals surface area contributed by atoms with Gasteiger partial charge in [-0.2, -0.15) is 12.6 Å². The lowest BCUT2D eigenvalue weighted by molar-refractivity contribution is -0.144. The summed E-state index contributed by atoms with van der Waals surface area (Å²) in [4.78, 5) is 52.3. The number of benzene rings is 1. The molecule has 0 heterocycles. The minimum absolute atomic E-state index is 0.00629. The Balaban J connectivity index is 3.33. The molecule has 0 fully saturated rings. The second-order valence-electron chi connectivity index (χ2n) is 9.25. The van der Waals surface area contributed by atoms with Gasteiger partial charge in [0.05, 0.1) is 19.6 Å². The predicted octanol–water partition coefficient (Wildman–Crippen LogP) is 2.06. The van der Waals surface area contributed by atoms with Crippen LogP contribution in [0.1, 0.15) is 56.8 Å². The molecule has 202 valence electrons. The Morgan fingerprint density at radius 2 is 1.83 bits per heavy atom. The molecule has 3 amide bonds. The van der Waals surface area contributed by atoms with Crippen LogP contribution in [-0.2, 0) is 23.9 Å². The van der Waals surface area contributed by atoms with Crippen LogP contribution < -0.4 is 10.6 Å². The van der Waals surface area contributed by atoms with Crippen molar-refractivity contribution in [2.75, 3.05) is 32.1 Å². The molecule has 36 heavy (non-hydrogen) atoms. The third kappa shape index (κ3) is 10.1. The van der Waals surface area contributed by atoms with E-state index in [-0.39, 0.29) is 31.9 Å². The van der Waals surface area contributed by atoms with Crippen LogP contribution in [0.25, 0.3) is 0 Å². The van der Waals surface area contributed by atoms with E-state index >= 15 is 0 Å². The number of ether oxygens (including phenoxy) is 2. The fourth-order valence-corrected chi connectivity index (χ4v) is 3.68. The molecule has 1 rings (SSSR count). The molecule has 3 N–H and O–H groups in total. The van der Waals surface area contributed by atoms with Gasteiger partial charge in [0, 0.05) is 18.8 Å². The first-order valence-electron chi connectivity index (χ1n) is 11.9. The number of carbonyl (C=O) groups is 4. The molecule has 2 unspecified atom stereocenters. The van der Waals surface area contributed by atoms with Crippen LogP contribution >= 0.6 is 12.6 Å². The minimum atomic E-state index is -1.13. The number of aryl methyl sites for hydroxylation is 2.